The first kappa shape index (κ1) is 28.2. The SMILES string of the molecule is CCC[C@@H](C#N)COC(=O)c1ccc(-c2ccc(-c3ccc(C(=O)OC[C@H](C#N)CCC)cc3)cc2)cc1. The number of esters is 2. The maximum atomic E-state index is 12.3. The molecule has 3 aromatic carbocycles. The number of nitrogens with zero attached hydrogens (tertiary/aromatic N) is 2. The lowest BCUT2D eigenvalue weighted by Gasteiger charge is -2.10. The van der Waals surface area contributed by atoms with Gasteiger partial charge in [-0.05, 0) is 59.4 Å². The molecule has 0 aromatic heterocycles. The van der Waals surface area contributed by atoms with Crippen molar-refractivity contribution in [3.8, 4) is 34.4 Å². The van der Waals surface area contributed by atoms with Crippen molar-refractivity contribution in [3.63, 3.8) is 0 Å². The van der Waals surface area contributed by atoms with E-state index in [1.54, 1.807) is 24.3 Å². The molecule has 2 atom stereocenters. The third-order valence-corrected chi connectivity index (χ3v) is 6.26. The Morgan fingerprint density at radius 3 is 1.16 bits per heavy atom. The Kier molecular flexibility index (Phi) is 10.6. The summed E-state index contributed by atoms with van der Waals surface area (Å²) in [6.45, 7) is 4.20. The van der Waals surface area contributed by atoms with Crippen molar-refractivity contribution in [2.45, 2.75) is 39.5 Å². The zero-order chi connectivity index (χ0) is 27.3. The molecule has 6 nitrogen and oxygen atoms in total. The molecule has 3 rings (SSSR count). The van der Waals surface area contributed by atoms with Crippen molar-refractivity contribution in [1.29, 1.82) is 10.5 Å². The fourth-order valence-electron chi connectivity index (χ4n) is 4.04. The average molecular weight is 509 g/mol. The largest absolute Gasteiger partial charge is 0.461 e. The molecular formula is C32H32N2O4. The first-order valence-electron chi connectivity index (χ1n) is 12.9. The van der Waals surface area contributed by atoms with Gasteiger partial charge in [0.1, 0.15) is 13.2 Å². The molecule has 0 spiro atoms. The second-order valence-electron chi connectivity index (χ2n) is 9.16. The van der Waals surface area contributed by atoms with Crippen LogP contribution in [0.25, 0.3) is 22.3 Å². The lowest BCUT2D eigenvalue weighted by atomic mass is 9.99. The van der Waals surface area contributed by atoms with Crippen LogP contribution in [-0.2, 0) is 9.47 Å². The number of nitriles is 2. The van der Waals surface area contributed by atoms with Crippen molar-refractivity contribution in [1.82, 2.24) is 0 Å². The number of rotatable bonds is 12. The molecule has 0 radical (unpaired) electrons. The van der Waals surface area contributed by atoms with Gasteiger partial charge in [0.25, 0.3) is 0 Å². The average Bonchev–Trinajstić information content (AvgIpc) is 2.97. The lowest BCUT2D eigenvalue weighted by molar-refractivity contribution is 0.0455. The van der Waals surface area contributed by atoms with Crippen molar-refractivity contribution >= 4 is 11.9 Å². The van der Waals surface area contributed by atoms with E-state index >= 15 is 0 Å². The molecule has 0 saturated heterocycles. The summed E-state index contributed by atoms with van der Waals surface area (Å²) >= 11 is 0. The first-order valence-corrected chi connectivity index (χ1v) is 12.9. The van der Waals surface area contributed by atoms with Crippen LogP contribution in [0.15, 0.2) is 72.8 Å². The van der Waals surface area contributed by atoms with Crippen LogP contribution in [-0.4, -0.2) is 25.2 Å². The van der Waals surface area contributed by atoms with E-state index in [0.29, 0.717) is 24.0 Å². The predicted molar refractivity (Wildman–Crippen MR) is 146 cm³/mol. The minimum Gasteiger partial charge on any atom is -0.461 e. The van der Waals surface area contributed by atoms with E-state index in [-0.39, 0.29) is 25.0 Å². The molecule has 0 bridgehead atoms. The zero-order valence-corrected chi connectivity index (χ0v) is 21.9. The van der Waals surface area contributed by atoms with Crippen LogP contribution in [0.2, 0.25) is 0 Å². The molecular weight excluding hydrogens is 476 g/mol. The van der Waals surface area contributed by atoms with Crippen LogP contribution in [0.1, 0.15) is 60.2 Å². The third kappa shape index (κ3) is 7.79. The number of carbonyl (C=O) groups excluding carboxylic acids is 2. The molecule has 0 heterocycles. The van der Waals surface area contributed by atoms with Crippen molar-refractivity contribution < 1.29 is 19.1 Å². The maximum Gasteiger partial charge on any atom is 0.338 e. The summed E-state index contributed by atoms with van der Waals surface area (Å²) in [5.74, 6) is -1.41. The van der Waals surface area contributed by atoms with Gasteiger partial charge in [-0.15, -0.1) is 0 Å². The maximum absolute atomic E-state index is 12.3. The van der Waals surface area contributed by atoms with Crippen LogP contribution in [0.3, 0.4) is 0 Å². The predicted octanol–water partition coefficient (Wildman–Crippen LogP) is 7.21. The summed E-state index contributed by atoms with van der Waals surface area (Å²) in [5, 5.41) is 18.2. The van der Waals surface area contributed by atoms with Gasteiger partial charge in [0.15, 0.2) is 0 Å². The molecule has 3 aromatic rings. The van der Waals surface area contributed by atoms with Crippen LogP contribution in [0.4, 0.5) is 0 Å². The third-order valence-electron chi connectivity index (χ3n) is 6.26. The van der Waals surface area contributed by atoms with E-state index in [1.165, 1.54) is 0 Å². The van der Waals surface area contributed by atoms with Crippen molar-refractivity contribution in [3.05, 3.63) is 83.9 Å². The van der Waals surface area contributed by atoms with Gasteiger partial charge in [-0.1, -0.05) is 75.2 Å². The monoisotopic (exact) mass is 508 g/mol. The quantitative estimate of drug-likeness (QED) is 0.240. The van der Waals surface area contributed by atoms with Crippen molar-refractivity contribution in [2.75, 3.05) is 13.2 Å². The first-order chi connectivity index (χ1) is 18.5. The highest BCUT2D eigenvalue weighted by atomic mass is 16.5. The Bertz CT molecular complexity index is 1180. The highest BCUT2D eigenvalue weighted by Gasteiger charge is 2.14. The molecule has 0 unspecified atom stereocenters. The van der Waals surface area contributed by atoms with E-state index < -0.39 is 11.9 Å². The van der Waals surface area contributed by atoms with Crippen LogP contribution >= 0.6 is 0 Å². The Morgan fingerprint density at radius 2 is 0.895 bits per heavy atom. The number of hydrogen-bond donors (Lipinski definition) is 0. The molecule has 0 aliphatic heterocycles. The normalized spacial score (nSPS) is 12.0. The minimum atomic E-state index is -0.429. The van der Waals surface area contributed by atoms with E-state index in [0.717, 1.165) is 35.1 Å². The second-order valence-corrected chi connectivity index (χ2v) is 9.16. The Hall–Kier alpha value is -4.42. The standard InChI is InChI=1S/C32H32N2O4/c1-3-5-23(19-33)21-37-31(35)29-15-11-27(12-16-29)25-7-9-26(10-8-25)28-13-17-30(18-14-28)32(36)38-22-24(20-34)6-4-2/h7-18,23-24H,3-6,21-22H2,1-2H3/t23-,24-/m0/s1. The van der Waals surface area contributed by atoms with Gasteiger partial charge in [0.2, 0.25) is 0 Å². The number of carbonyl (C=O) groups is 2. The summed E-state index contributed by atoms with van der Waals surface area (Å²) in [4.78, 5) is 24.6. The molecule has 6 heteroatoms. The molecule has 0 amide bonds. The van der Waals surface area contributed by atoms with Gasteiger partial charge in [-0.2, -0.15) is 10.5 Å². The molecule has 0 fully saturated rings. The fourth-order valence-corrected chi connectivity index (χ4v) is 4.04. The summed E-state index contributed by atoms with van der Waals surface area (Å²) in [7, 11) is 0. The molecule has 0 aliphatic carbocycles. The van der Waals surface area contributed by atoms with E-state index in [9.17, 15) is 9.59 Å². The molecule has 0 aliphatic rings. The molecule has 38 heavy (non-hydrogen) atoms. The van der Waals surface area contributed by atoms with Crippen LogP contribution in [0.5, 0.6) is 0 Å². The summed E-state index contributed by atoms with van der Waals surface area (Å²) < 4.78 is 10.6. The fraction of sp³-hybridized carbons (Fsp3) is 0.312. The number of benzene rings is 3. The highest BCUT2D eigenvalue weighted by Crippen LogP contribution is 2.26. The molecule has 0 N–H and O–H groups in total. The Labute approximate surface area is 224 Å². The summed E-state index contributed by atoms with van der Waals surface area (Å²) in [6, 6.07) is 26.8. The minimum absolute atomic E-state index is 0.106. The lowest BCUT2D eigenvalue weighted by Crippen LogP contribution is -2.13. The number of ether oxygens (including phenoxy) is 2. The van der Waals surface area contributed by atoms with Crippen LogP contribution in [0, 0.1) is 34.5 Å². The van der Waals surface area contributed by atoms with E-state index in [4.69, 9.17) is 20.0 Å². The van der Waals surface area contributed by atoms with Gasteiger partial charge in [0.05, 0.1) is 35.1 Å². The van der Waals surface area contributed by atoms with Gasteiger partial charge < -0.3 is 9.47 Å². The van der Waals surface area contributed by atoms with E-state index in [2.05, 4.69) is 12.1 Å². The van der Waals surface area contributed by atoms with Gasteiger partial charge in [-0.25, -0.2) is 9.59 Å². The van der Waals surface area contributed by atoms with E-state index in [1.807, 2.05) is 62.4 Å². The van der Waals surface area contributed by atoms with Gasteiger partial charge in [0, 0.05) is 0 Å². The molecule has 0 saturated carbocycles. The summed E-state index contributed by atoms with van der Waals surface area (Å²) in [5.41, 5.74) is 4.83. The smallest absolute Gasteiger partial charge is 0.338 e. The Morgan fingerprint density at radius 1 is 0.605 bits per heavy atom. The van der Waals surface area contributed by atoms with Crippen molar-refractivity contribution in [2.24, 2.45) is 11.8 Å². The molecule has 194 valence electrons. The van der Waals surface area contributed by atoms with Crippen LogP contribution < -0.4 is 0 Å². The Balaban J connectivity index is 1.59. The number of hydrogen-bond acceptors (Lipinski definition) is 6. The van der Waals surface area contributed by atoms with Gasteiger partial charge >= 0.3 is 11.9 Å². The zero-order valence-electron chi connectivity index (χ0n) is 21.9. The highest BCUT2D eigenvalue weighted by molar-refractivity contribution is 5.91. The topological polar surface area (TPSA) is 100 Å². The van der Waals surface area contributed by atoms with Gasteiger partial charge in [-0.3, -0.25) is 0 Å². The second kappa shape index (κ2) is 14.4. The summed E-state index contributed by atoms with van der Waals surface area (Å²) in [6.07, 6.45) is 3.15.